The topological polar surface area (TPSA) is 124 Å². The highest BCUT2D eigenvalue weighted by atomic mass is 16.6. The van der Waals surface area contributed by atoms with Gasteiger partial charge < -0.3 is 19.8 Å². The number of carbonyl (C=O) groups is 1. The summed E-state index contributed by atoms with van der Waals surface area (Å²) in [5.74, 6) is 1.28. The molecule has 9 nitrogen and oxygen atoms in total. The summed E-state index contributed by atoms with van der Waals surface area (Å²) in [7, 11) is -1.55. The zero-order chi connectivity index (χ0) is 24.5. The van der Waals surface area contributed by atoms with Crippen molar-refractivity contribution in [3.05, 3.63) is 48.4 Å². The molecule has 1 aliphatic carbocycles. The van der Waals surface area contributed by atoms with Gasteiger partial charge in [0.1, 0.15) is 11.4 Å². The Bertz CT molecular complexity index is 1460. The van der Waals surface area contributed by atoms with E-state index in [9.17, 15) is 14.8 Å². The third-order valence-corrected chi connectivity index (χ3v) is 6.68. The fourth-order valence-corrected chi connectivity index (χ4v) is 4.95. The van der Waals surface area contributed by atoms with Gasteiger partial charge in [-0.2, -0.15) is 0 Å². The van der Waals surface area contributed by atoms with Gasteiger partial charge in [0.2, 0.25) is 0 Å². The maximum atomic E-state index is 12.9. The van der Waals surface area contributed by atoms with Crippen molar-refractivity contribution in [2.24, 2.45) is 5.92 Å². The minimum Gasteiger partial charge on any atom is -0.444 e. The summed E-state index contributed by atoms with van der Waals surface area (Å²) in [6.45, 7) is 5.65. The lowest BCUT2D eigenvalue weighted by atomic mass is 9.80. The number of nitrogens with zero attached hydrogens (tertiary/aromatic N) is 4. The lowest BCUT2D eigenvalue weighted by molar-refractivity contribution is 0.0175. The molecule has 0 spiro atoms. The summed E-state index contributed by atoms with van der Waals surface area (Å²) >= 11 is 0. The molecule has 1 amide bonds. The summed E-state index contributed by atoms with van der Waals surface area (Å²) in [5, 5.41) is 18.8. The second-order valence-electron chi connectivity index (χ2n) is 10.4. The number of imidazole rings is 1. The van der Waals surface area contributed by atoms with Crippen LogP contribution in [0.15, 0.2) is 42.6 Å². The Morgan fingerprint density at radius 2 is 1.89 bits per heavy atom. The van der Waals surface area contributed by atoms with E-state index in [2.05, 4.69) is 9.97 Å². The molecule has 35 heavy (non-hydrogen) atoms. The van der Waals surface area contributed by atoms with Crippen LogP contribution in [0, 0.1) is 5.92 Å². The molecule has 2 aliphatic rings. The summed E-state index contributed by atoms with van der Waals surface area (Å²) in [4.78, 5) is 32.2. The average molecular weight is 471 g/mol. The maximum Gasteiger partial charge on any atom is 0.488 e. The van der Waals surface area contributed by atoms with E-state index in [1.807, 2.05) is 43.9 Å². The fourth-order valence-electron chi connectivity index (χ4n) is 4.95. The zero-order valence-electron chi connectivity index (χ0n) is 19.8. The van der Waals surface area contributed by atoms with Crippen LogP contribution in [0.2, 0.25) is 0 Å². The van der Waals surface area contributed by atoms with E-state index in [0.717, 1.165) is 35.3 Å². The van der Waals surface area contributed by atoms with Crippen LogP contribution in [0.4, 0.5) is 4.79 Å². The lowest BCUT2D eigenvalue weighted by Gasteiger charge is -2.29. The monoisotopic (exact) mass is 471 g/mol. The Hall–Kier alpha value is -3.50. The summed E-state index contributed by atoms with van der Waals surface area (Å²) in [6.07, 6.45) is 3.30. The first-order chi connectivity index (χ1) is 16.7. The number of fused-ring (bicyclic) bond motifs is 3. The van der Waals surface area contributed by atoms with E-state index in [1.54, 1.807) is 24.4 Å². The molecule has 2 aromatic heterocycles. The van der Waals surface area contributed by atoms with Crippen LogP contribution in [0.1, 0.15) is 45.5 Å². The Labute approximate surface area is 202 Å². The van der Waals surface area contributed by atoms with Gasteiger partial charge in [-0.25, -0.2) is 14.8 Å². The third kappa shape index (κ3) is 4.02. The van der Waals surface area contributed by atoms with Crippen LogP contribution in [0.5, 0.6) is 0 Å². The van der Waals surface area contributed by atoms with Crippen LogP contribution in [-0.2, 0) is 4.74 Å². The van der Waals surface area contributed by atoms with Crippen molar-refractivity contribution < 1.29 is 19.6 Å². The molecule has 4 aromatic rings. The van der Waals surface area contributed by atoms with E-state index < -0.39 is 12.7 Å². The molecule has 10 heteroatoms. The highest BCUT2D eigenvalue weighted by Gasteiger charge is 2.56. The number of rotatable bonds is 3. The normalized spacial score (nSPS) is 21.4. The smallest absolute Gasteiger partial charge is 0.444 e. The van der Waals surface area contributed by atoms with E-state index in [-0.39, 0.29) is 18.2 Å². The molecule has 3 heterocycles. The number of hydrogen-bond donors (Lipinski definition) is 3. The highest BCUT2D eigenvalue weighted by Crippen LogP contribution is 2.53. The Morgan fingerprint density at radius 1 is 1.09 bits per heavy atom. The van der Waals surface area contributed by atoms with Crippen molar-refractivity contribution in [2.75, 3.05) is 0 Å². The highest BCUT2D eigenvalue weighted by molar-refractivity contribution is 6.58. The molecule has 3 atom stereocenters. The van der Waals surface area contributed by atoms with Gasteiger partial charge in [-0.3, -0.25) is 9.88 Å². The summed E-state index contributed by atoms with van der Waals surface area (Å²) < 4.78 is 5.68. The minimum atomic E-state index is -1.55. The molecule has 0 radical (unpaired) electrons. The number of benzene rings is 2. The molecule has 2 fully saturated rings. The molecule has 1 saturated carbocycles. The van der Waals surface area contributed by atoms with Crippen LogP contribution in [-0.4, -0.2) is 59.7 Å². The van der Waals surface area contributed by atoms with Crippen LogP contribution in [0.3, 0.4) is 0 Å². The summed E-state index contributed by atoms with van der Waals surface area (Å²) in [5.41, 5.74) is 4.35. The molecular formula is C25H26BN5O4. The fraction of sp³-hybridized carbons (Fsp3) is 0.360. The number of hydrogen-bond acceptors (Lipinski definition) is 7. The van der Waals surface area contributed by atoms with Crippen molar-refractivity contribution in [2.45, 2.75) is 51.3 Å². The van der Waals surface area contributed by atoms with Crippen LogP contribution in [0.25, 0.3) is 33.3 Å². The Balaban J connectivity index is 1.30. The number of aromatic amines is 1. The number of nitrogens with one attached hydrogen (secondary N) is 1. The average Bonchev–Trinajstić information content (AvgIpc) is 3.25. The number of amides is 1. The second-order valence-corrected chi connectivity index (χ2v) is 10.4. The Morgan fingerprint density at radius 3 is 2.66 bits per heavy atom. The van der Waals surface area contributed by atoms with E-state index >= 15 is 0 Å². The van der Waals surface area contributed by atoms with Crippen molar-refractivity contribution in [1.82, 2.24) is 24.8 Å². The van der Waals surface area contributed by atoms with Gasteiger partial charge in [-0.15, -0.1) is 0 Å². The van der Waals surface area contributed by atoms with Gasteiger partial charge in [0.05, 0.1) is 40.0 Å². The molecule has 178 valence electrons. The maximum absolute atomic E-state index is 12.9. The number of piperidine rings is 1. The minimum absolute atomic E-state index is 0.124. The Kier molecular flexibility index (Phi) is 4.88. The van der Waals surface area contributed by atoms with E-state index in [4.69, 9.17) is 14.7 Å². The zero-order valence-corrected chi connectivity index (χ0v) is 19.8. The van der Waals surface area contributed by atoms with Crippen molar-refractivity contribution in [3.8, 4) is 11.3 Å². The SMILES string of the molecule is CC(C)(C)OC(=O)N1C(c2nc3ccc(-c4cnc5cc(B(O)O)ccc5n4)cc3[nH]2)CC2CC21. The largest absolute Gasteiger partial charge is 0.488 e. The quantitative estimate of drug-likeness (QED) is 0.393. The first-order valence-corrected chi connectivity index (χ1v) is 11.8. The number of likely N-dealkylation sites (tertiary alicyclic amines) is 1. The molecule has 0 bridgehead atoms. The number of ether oxygens (including phenoxy) is 1. The van der Waals surface area contributed by atoms with Gasteiger partial charge in [0.15, 0.2) is 0 Å². The second kappa shape index (κ2) is 7.76. The number of carbonyl (C=O) groups excluding carboxylic acids is 1. The predicted molar refractivity (Wildman–Crippen MR) is 132 cm³/mol. The van der Waals surface area contributed by atoms with Crippen LogP contribution >= 0.6 is 0 Å². The molecule has 1 aliphatic heterocycles. The van der Waals surface area contributed by atoms with Crippen LogP contribution < -0.4 is 5.46 Å². The molecule has 1 saturated heterocycles. The number of aromatic nitrogens is 4. The van der Waals surface area contributed by atoms with E-state index in [1.165, 1.54) is 0 Å². The molecular weight excluding hydrogens is 445 g/mol. The van der Waals surface area contributed by atoms with Gasteiger partial charge in [-0.05, 0) is 69.3 Å². The number of H-pyrrole nitrogens is 1. The predicted octanol–water partition coefficient (Wildman–Crippen LogP) is 2.92. The first kappa shape index (κ1) is 22.0. The van der Waals surface area contributed by atoms with Crippen molar-refractivity contribution in [1.29, 1.82) is 0 Å². The third-order valence-electron chi connectivity index (χ3n) is 6.68. The molecule has 3 unspecified atom stereocenters. The molecule has 2 aromatic carbocycles. The first-order valence-electron chi connectivity index (χ1n) is 11.8. The van der Waals surface area contributed by atoms with Crippen molar-refractivity contribution >= 4 is 40.7 Å². The molecule has 6 rings (SSSR count). The van der Waals surface area contributed by atoms with Crippen molar-refractivity contribution in [3.63, 3.8) is 0 Å². The lowest BCUT2D eigenvalue weighted by Crippen LogP contribution is -2.38. The molecule has 3 N–H and O–H groups in total. The van der Waals surface area contributed by atoms with Gasteiger partial charge in [0.25, 0.3) is 0 Å². The summed E-state index contributed by atoms with van der Waals surface area (Å²) in [6, 6.07) is 11.0. The van der Waals surface area contributed by atoms with Gasteiger partial charge in [0, 0.05) is 11.6 Å². The van der Waals surface area contributed by atoms with Gasteiger partial charge in [-0.1, -0.05) is 12.1 Å². The standard InChI is InChI=1S/C25H26BN5O4/c1-25(2,3)35-24(32)31-21-9-14(21)10-22(31)23-29-17-6-4-13(8-19(17)30-23)20-12-27-18-11-15(26(33)34)5-7-16(18)28-20/h4-8,11-12,14,21-22,33-34H,9-10H2,1-3H3,(H,29,30). The van der Waals surface area contributed by atoms with Gasteiger partial charge >= 0.3 is 13.2 Å². The van der Waals surface area contributed by atoms with E-state index in [0.29, 0.717) is 28.1 Å².